The molecule has 6 heteroatoms. The third-order valence-electron chi connectivity index (χ3n) is 4.29. The van der Waals surface area contributed by atoms with E-state index < -0.39 is 17.9 Å². The van der Waals surface area contributed by atoms with E-state index in [0.29, 0.717) is 16.8 Å². The van der Waals surface area contributed by atoms with Gasteiger partial charge in [-0.05, 0) is 31.0 Å². The van der Waals surface area contributed by atoms with Crippen molar-refractivity contribution in [2.75, 3.05) is 0 Å². The maximum atomic E-state index is 12.7. The number of benzene rings is 2. The number of hydrogen-bond acceptors (Lipinski definition) is 3. The van der Waals surface area contributed by atoms with Gasteiger partial charge in [-0.3, -0.25) is 9.59 Å². The molecule has 0 aliphatic carbocycles. The van der Waals surface area contributed by atoms with Crippen LogP contribution in [0.15, 0.2) is 60.8 Å². The Labute approximate surface area is 151 Å². The first-order chi connectivity index (χ1) is 12.5. The Balaban J connectivity index is 1.89. The van der Waals surface area contributed by atoms with E-state index in [4.69, 9.17) is 5.73 Å². The van der Waals surface area contributed by atoms with Crippen LogP contribution >= 0.6 is 0 Å². The van der Waals surface area contributed by atoms with Crippen molar-refractivity contribution in [3.8, 4) is 5.69 Å². The number of rotatable bonds is 5. The highest BCUT2D eigenvalue weighted by Crippen LogP contribution is 2.19. The van der Waals surface area contributed by atoms with E-state index in [9.17, 15) is 9.59 Å². The zero-order valence-corrected chi connectivity index (χ0v) is 14.6. The highest BCUT2D eigenvalue weighted by atomic mass is 16.2. The standard InChI is InChI=1S/C20H20N4O2/c1-13-8-6-7-11-17(13)24-14(2)16(12-22-24)20(26)23-18(19(21)25)15-9-4-3-5-10-15/h3-12,18H,1-2H3,(H2,21,25)(H,23,26). The lowest BCUT2D eigenvalue weighted by molar-refractivity contribution is -0.120. The Kier molecular flexibility index (Phi) is 4.84. The Hall–Kier alpha value is -3.41. The molecule has 1 atom stereocenters. The van der Waals surface area contributed by atoms with Crippen molar-refractivity contribution in [1.82, 2.24) is 15.1 Å². The summed E-state index contributed by atoms with van der Waals surface area (Å²) in [5.74, 6) is -1.01. The van der Waals surface area contributed by atoms with Crippen LogP contribution in [0.25, 0.3) is 5.69 Å². The lowest BCUT2D eigenvalue weighted by Gasteiger charge is -2.16. The van der Waals surface area contributed by atoms with Gasteiger partial charge in [-0.25, -0.2) is 4.68 Å². The fourth-order valence-electron chi connectivity index (χ4n) is 2.85. The largest absolute Gasteiger partial charge is 0.368 e. The molecule has 0 aliphatic heterocycles. The number of amides is 2. The molecule has 0 saturated heterocycles. The summed E-state index contributed by atoms with van der Waals surface area (Å²) in [6.45, 7) is 3.80. The van der Waals surface area contributed by atoms with Crippen LogP contribution in [-0.4, -0.2) is 21.6 Å². The van der Waals surface area contributed by atoms with Gasteiger partial charge in [0.2, 0.25) is 5.91 Å². The summed E-state index contributed by atoms with van der Waals surface area (Å²) in [5.41, 5.74) is 9.15. The Morgan fingerprint density at radius 3 is 2.35 bits per heavy atom. The van der Waals surface area contributed by atoms with E-state index in [0.717, 1.165) is 11.3 Å². The molecule has 1 unspecified atom stereocenters. The van der Waals surface area contributed by atoms with Crippen LogP contribution in [0.1, 0.15) is 33.2 Å². The molecule has 3 aromatic rings. The predicted molar refractivity (Wildman–Crippen MR) is 98.9 cm³/mol. The number of nitrogens with one attached hydrogen (secondary N) is 1. The average Bonchev–Trinajstić information content (AvgIpc) is 3.02. The second kappa shape index (κ2) is 7.23. The number of carbonyl (C=O) groups excluding carboxylic acids is 2. The number of para-hydroxylation sites is 1. The first-order valence-corrected chi connectivity index (χ1v) is 8.25. The summed E-state index contributed by atoms with van der Waals surface area (Å²) in [7, 11) is 0. The predicted octanol–water partition coefficient (Wildman–Crippen LogP) is 2.45. The average molecular weight is 348 g/mol. The fraction of sp³-hybridized carbons (Fsp3) is 0.150. The van der Waals surface area contributed by atoms with Gasteiger partial charge >= 0.3 is 0 Å². The van der Waals surface area contributed by atoms with Gasteiger partial charge in [0.15, 0.2) is 0 Å². The molecule has 132 valence electrons. The van der Waals surface area contributed by atoms with Crippen LogP contribution in [0.3, 0.4) is 0 Å². The number of carbonyl (C=O) groups is 2. The minimum Gasteiger partial charge on any atom is -0.368 e. The summed E-state index contributed by atoms with van der Waals surface area (Å²) >= 11 is 0. The minimum atomic E-state index is -0.898. The number of primary amides is 1. The van der Waals surface area contributed by atoms with E-state index in [2.05, 4.69) is 10.4 Å². The summed E-state index contributed by atoms with van der Waals surface area (Å²) in [6, 6.07) is 15.8. The lowest BCUT2D eigenvalue weighted by Crippen LogP contribution is -2.37. The third kappa shape index (κ3) is 3.35. The van der Waals surface area contributed by atoms with Gasteiger partial charge in [0.25, 0.3) is 5.91 Å². The van der Waals surface area contributed by atoms with E-state index in [-0.39, 0.29) is 0 Å². The number of aryl methyl sites for hydroxylation is 1. The van der Waals surface area contributed by atoms with Gasteiger partial charge < -0.3 is 11.1 Å². The first kappa shape index (κ1) is 17.4. The molecular weight excluding hydrogens is 328 g/mol. The van der Waals surface area contributed by atoms with E-state index >= 15 is 0 Å². The molecule has 0 aliphatic rings. The third-order valence-corrected chi connectivity index (χ3v) is 4.29. The number of nitrogens with zero attached hydrogens (tertiary/aromatic N) is 2. The van der Waals surface area contributed by atoms with Crippen LogP contribution in [0.2, 0.25) is 0 Å². The minimum absolute atomic E-state index is 0.394. The Morgan fingerprint density at radius 1 is 1.04 bits per heavy atom. The first-order valence-electron chi connectivity index (χ1n) is 8.25. The lowest BCUT2D eigenvalue weighted by atomic mass is 10.1. The molecule has 3 N–H and O–H groups in total. The van der Waals surface area contributed by atoms with Gasteiger partial charge in [-0.2, -0.15) is 5.10 Å². The molecule has 1 aromatic heterocycles. The summed E-state index contributed by atoms with van der Waals surface area (Å²) < 4.78 is 1.71. The zero-order valence-electron chi connectivity index (χ0n) is 14.6. The molecule has 26 heavy (non-hydrogen) atoms. The second-order valence-corrected chi connectivity index (χ2v) is 6.06. The monoisotopic (exact) mass is 348 g/mol. The quantitative estimate of drug-likeness (QED) is 0.742. The highest BCUT2D eigenvalue weighted by molar-refractivity contribution is 5.98. The van der Waals surface area contributed by atoms with Crippen LogP contribution in [-0.2, 0) is 4.79 Å². The van der Waals surface area contributed by atoms with Crippen LogP contribution < -0.4 is 11.1 Å². The summed E-state index contributed by atoms with van der Waals surface area (Å²) in [6.07, 6.45) is 1.50. The smallest absolute Gasteiger partial charge is 0.255 e. The van der Waals surface area contributed by atoms with Crippen molar-refractivity contribution in [2.45, 2.75) is 19.9 Å². The molecule has 0 radical (unpaired) electrons. The topological polar surface area (TPSA) is 90.0 Å². The van der Waals surface area contributed by atoms with Crippen LogP contribution in [0.4, 0.5) is 0 Å². The maximum absolute atomic E-state index is 12.7. The zero-order chi connectivity index (χ0) is 18.7. The van der Waals surface area contributed by atoms with Crippen molar-refractivity contribution in [3.63, 3.8) is 0 Å². The van der Waals surface area contributed by atoms with Crippen molar-refractivity contribution < 1.29 is 9.59 Å². The van der Waals surface area contributed by atoms with Crippen LogP contribution in [0, 0.1) is 13.8 Å². The fourth-order valence-corrected chi connectivity index (χ4v) is 2.85. The van der Waals surface area contributed by atoms with Crippen molar-refractivity contribution >= 4 is 11.8 Å². The molecule has 1 heterocycles. The van der Waals surface area contributed by atoms with E-state index in [1.165, 1.54) is 6.20 Å². The van der Waals surface area contributed by atoms with Gasteiger partial charge in [-0.15, -0.1) is 0 Å². The van der Waals surface area contributed by atoms with Crippen molar-refractivity contribution in [2.24, 2.45) is 5.73 Å². The summed E-state index contributed by atoms with van der Waals surface area (Å²) in [4.78, 5) is 24.5. The molecular formula is C20H20N4O2. The molecule has 3 rings (SSSR count). The van der Waals surface area contributed by atoms with E-state index in [1.54, 1.807) is 28.9 Å². The molecule has 2 amide bonds. The molecule has 0 fully saturated rings. The molecule has 0 saturated carbocycles. The molecule has 2 aromatic carbocycles. The Morgan fingerprint density at radius 2 is 1.69 bits per heavy atom. The van der Waals surface area contributed by atoms with Crippen molar-refractivity contribution in [1.29, 1.82) is 0 Å². The van der Waals surface area contributed by atoms with E-state index in [1.807, 2.05) is 44.2 Å². The Bertz CT molecular complexity index is 947. The molecule has 0 bridgehead atoms. The second-order valence-electron chi connectivity index (χ2n) is 6.06. The van der Waals surface area contributed by atoms with Gasteiger partial charge in [0, 0.05) is 0 Å². The van der Waals surface area contributed by atoms with Gasteiger partial charge in [0.05, 0.1) is 23.1 Å². The highest BCUT2D eigenvalue weighted by Gasteiger charge is 2.23. The van der Waals surface area contributed by atoms with Crippen molar-refractivity contribution in [3.05, 3.63) is 83.2 Å². The number of nitrogens with two attached hydrogens (primary N) is 1. The van der Waals surface area contributed by atoms with Gasteiger partial charge in [0.1, 0.15) is 6.04 Å². The maximum Gasteiger partial charge on any atom is 0.255 e. The number of hydrogen-bond donors (Lipinski definition) is 2. The SMILES string of the molecule is Cc1ccccc1-n1ncc(C(=O)NC(C(N)=O)c2ccccc2)c1C. The number of aromatic nitrogens is 2. The van der Waals surface area contributed by atoms with Gasteiger partial charge in [-0.1, -0.05) is 48.5 Å². The molecule has 6 nitrogen and oxygen atoms in total. The summed E-state index contributed by atoms with van der Waals surface area (Å²) in [5, 5.41) is 7.03. The molecule has 0 spiro atoms. The van der Waals surface area contributed by atoms with Crippen LogP contribution in [0.5, 0.6) is 0 Å². The normalized spacial score (nSPS) is 11.8.